The van der Waals surface area contributed by atoms with Crippen molar-refractivity contribution in [2.24, 2.45) is 4.99 Å². The van der Waals surface area contributed by atoms with Gasteiger partial charge in [-0.25, -0.2) is 4.99 Å². The van der Waals surface area contributed by atoms with E-state index in [-0.39, 0.29) is 22.7 Å². The van der Waals surface area contributed by atoms with Crippen molar-refractivity contribution >= 4 is 29.3 Å². The summed E-state index contributed by atoms with van der Waals surface area (Å²) in [6.07, 6.45) is 0.784. The SMILES string of the molecule is CCN1C(=O)c2c(nc(OC)n2Cc2ccc(O)c(Cl)c2)N2CC(Cc3ccccc3)N=C12. The van der Waals surface area contributed by atoms with Gasteiger partial charge in [0.15, 0.2) is 11.5 Å². The first-order valence-corrected chi connectivity index (χ1v) is 11.2. The highest BCUT2D eigenvalue weighted by Crippen LogP contribution is 2.36. The first-order valence-electron chi connectivity index (χ1n) is 10.8. The number of carbonyl (C=O) groups excluding carboxylic acids is 1. The quantitative estimate of drug-likeness (QED) is 0.601. The average Bonchev–Trinajstić information content (AvgIpc) is 3.39. The number of fused-ring (bicyclic) bond motifs is 3. The van der Waals surface area contributed by atoms with Gasteiger partial charge in [-0.3, -0.25) is 19.2 Å². The van der Waals surface area contributed by atoms with Crippen molar-refractivity contribution in [2.45, 2.75) is 25.9 Å². The number of guanidine groups is 1. The molecule has 0 radical (unpaired) electrons. The number of phenols is 1. The number of hydrogen-bond donors (Lipinski definition) is 1. The van der Waals surface area contributed by atoms with Crippen molar-refractivity contribution in [2.75, 3.05) is 25.1 Å². The van der Waals surface area contributed by atoms with Crippen LogP contribution in [0.15, 0.2) is 53.5 Å². The Morgan fingerprint density at radius 3 is 2.67 bits per heavy atom. The molecule has 0 fully saturated rings. The minimum Gasteiger partial charge on any atom is -0.506 e. The van der Waals surface area contributed by atoms with Gasteiger partial charge < -0.3 is 9.84 Å². The Kier molecular flexibility index (Phi) is 5.46. The number of anilines is 1. The lowest BCUT2D eigenvalue weighted by Gasteiger charge is -2.32. The maximum Gasteiger partial charge on any atom is 0.299 e. The molecule has 2 aromatic carbocycles. The number of amides is 1. The second kappa shape index (κ2) is 8.44. The summed E-state index contributed by atoms with van der Waals surface area (Å²) >= 11 is 6.10. The summed E-state index contributed by atoms with van der Waals surface area (Å²) in [7, 11) is 1.54. The van der Waals surface area contributed by atoms with Crippen molar-refractivity contribution in [1.29, 1.82) is 0 Å². The van der Waals surface area contributed by atoms with Crippen LogP contribution < -0.4 is 9.64 Å². The summed E-state index contributed by atoms with van der Waals surface area (Å²) in [5.74, 6) is 1.04. The Morgan fingerprint density at radius 1 is 1.18 bits per heavy atom. The predicted molar refractivity (Wildman–Crippen MR) is 126 cm³/mol. The summed E-state index contributed by atoms with van der Waals surface area (Å²) < 4.78 is 7.30. The molecule has 1 unspecified atom stereocenters. The monoisotopic (exact) mass is 465 g/mol. The summed E-state index contributed by atoms with van der Waals surface area (Å²) in [5, 5.41) is 10.00. The third kappa shape index (κ3) is 3.70. The zero-order chi connectivity index (χ0) is 23.1. The molecule has 2 aliphatic rings. The van der Waals surface area contributed by atoms with Crippen LogP contribution in [-0.2, 0) is 13.0 Å². The fraction of sp³-hybridized carbons (Fsp3) is 0.292. The number of benzene rings is 2. The van der Waals surface area contributed by atoms with E-state index in [1.165, 1.54) is 18.7 Å². The molecule has 0 saturated heterocycles. The fourth-order valence-electron chi connectivity index (χ4n) is 4.42. The Balaban J connectivity index is 1.53. The number of ether oxygens (including phenoxy) is 1. The molecule has 1 atom stereocenters. The summed E-state index contributed by atoms with van der Waals surface area (Å²) in [6.45, 7) is 3.38. The molecule has 0 saturated carbocycles. The number of methoxy groups -OCH3 is 1. The van der Waals surface area contributed by atoms with Crippen LogP contribution in [-0.4, -0.2) is 57.7 Å². The van der Waals surface area contributed by atoms with Crippen molar-refractivity contribution in [3.63, 3.8) is 0 Å². The number of aromatic hydroxyl groups is 1. The molecule has 1 amide bonds. The van der Waals surface area contributed by atoms with Gasteiger partial charge in [0.2, 0.25) is 5.96 Å². The largest absolute Gasteiger partial charge is 0.506 e. The second-order valence-electron chi connectivity index (χ2n) is 8.08. The first kappa shape index (κ1) is 21.3. The van der Waals surface area contributed by atoms with E-state index in [1.807, 2.05) is 30.0 Å². The van der Waals surface area contributed by atoms with Crippen LogP contribution in [0.1, 0.15) is 28.5 Å². The van der Waals surface area contributed by atoms with Crippen LogP contribution in [0.5, 0.6) is 11.8 Å². The normalized spacial score (nSPS) is 17.1. The molecule has 0 bridgehead atoms. The molecule has 2 aliphatic heterocycles. The van der Waals surface area contributed by atoms with Crippen LogP contribution in [0.4, 0.5) is 5.82 Å². The Bertz CT molecular complexity index is 1240. The zero-order valence-electron chi connectivity index (χ0n) is 18.4. The molecular formula is C24H24ClN5O3. The van der Waals surface area contributed by atoms with Gasteiger partial charge >= 0.3 is 0 Å². The van der Waals surface area contributed by atoms with Crippen LogP contribution in [0.3, 0.4) is 0 Å². The zero-order valence-corrected chi connectivity index (χ0v) is 19.2. The molecular weight excluding hydrogens is 442 g/mol. The number of halogens is 1. The van der Waals surface area contributed by atoms with Crippen LogP contribution in [0, 0.1) is 0 Å². The lowest BCUT2D eigenvalue weighted by molar-refractivity contribution is 0.0835. The number of rotatable bonds is 6. The highest BCUT2D eigenvalue weighted by atomic mass is 35.5. The van der Waals surface area contributed by atoms with Crippen molar-refractivity contribution < 1.29 is 14.6 Å². The number of carbonyl (C=O) groups is 1. The van der Waals surface area contributed by atoms with Crippen LogP contribution in [0.25, 0.3) is 0 Å². The van der Waals surface area contributed by atoms with E-state index in [2.05, 4.69) is 17.1 Å². The van der Waals surface area contributed by atoms with Gasteiger partial charge in [-0.1, -0.05) is 48.0 Å². The number of aromatic nitrogens is 2. The summed E-state index contributed by atoms with van der Waals surface area (Å²) in [4.78, 5) is 26.8. The van der Waals surface area contributed by atoms with Crippen molar-refractivity contribution in [1.82, 2.24) is 14.5 Å². The van der Waals surface area contributed by atoms with E-state index < -0.39 is 0 Å². The number of imidazole rings is 1. The van der Waals surface area contributed by atoms with Crippen LogP contribution >= 0.6 is 11.6 Å². The molecule has 0 spiro atoms. The van der Waals surface area contributed by atoms with Gasteiger partial charge in [-0.15, -0.1) is 0 Å². The van der Waals surface area contributed by atoms with E-state index in [0.717, 1.165) is 12.0 Å². The van der Waals surface area contributed by atoms with E-state index in [9.17, 15) is 9.90 Å². The molecule has 9 heteroatoms. The molecule has 0 aliphatic carbocycles. The molecule has 8 nitrogen and oxygen atoms in total. The average molecular weight is 466 g/mol. The Morgan fingerprint density at radius 2 is 1.97 bits per heavy atom. The highest BCUT2D eigenvalue weighted by molar-refractivity contribution is 6.32. The standard InChI is InChI=1S/C24H24ClN5O3/c1-3-28-22(32)20-21(30-14-17(26-23(28)30)11-15-7-5-4-6-8-15)27-24(33-2)29(20)13-16-9-10-19(31)18(25)12-16/h4-10,12,17,31H,3,11,13-14H2,1-2H3. The fourth-order valence-corrected chi connectivity index (χ4v) is 4.62. The molecule has 3 heterocycles. The van der Waals surface area contributed by atoms with Crippen molar-refractivity contribution in [3.8, 4) is 11.8 Å². The van der Waals surface area contributed by atoms with Gasteiger partial charge in [0.1, 0.15) is 5.75 Å². The van der Waals surface area contributed by atoms with Crippen LogP contribution in [0.2, 0.25) is 5.02 Å². The smallest absolute Gasteiger partial charge is 0.299 e. The van der Waals surface area contributed by atoms with Gasteiger partial charge in [0.05, 0.1) is 31.3 Å². The number of phenolic OH excluding ortho intramolecular Hbond substituents is 1. The van der Waals surface area contributed by atoms with Gasteiger partial charge in [-0.05, 0) is 36.6 Å². The van der Waals surface area contributed by atoms with E-state index in [4.69, 9.17) is 21.3 Å². The minimum absolute atomic E-state index is 0.00986. The molecule has 5 rings (SSSR count). The first-order chi connectivity index (χ1) is 16.0. The maximum atomic E-state index is 13.6. The lowest BCUT2D eigenvalue weighted by atomic mass is 10.1. The number of hydrogen-bond acceptors (Lipinski definition) is 6. The minimum atomic E-state index is -0.163. The van der Waals surface area contributed by atoms with E-state index >= 15 is 0 Å². The molecule has 1 N–H and O–H groups in total. The molecule has 170 valence electrons. The molecule has 1 aromatic heterocycles. The highest BCUT2D eigenvalue weighted by Gasteiger charge is 2.43. The topological polar surface area (TPSA) is 83.2 Å². The molecule has 33 heavy (non-hydrogen) atoms. The third-order valence-electron chi connectivity index (χ3n) is 5.96. The number of aliphatic imine (C=N–C) groups is 1. The molecule has 3 aromatic rings. The van der Waals surface area contributed by atoms with Crippen molar-refractivity contribution in [3.05, 3.63) is 70.4 Å². The summed E-state index contributed by atoms with van der Waals surface area (Å²) in [5.41, 5.74) is 2.47. The van der Waals surface area contributed by atoms with E-state index in [0.29, 0.717) is 43.1 Å². The maximum absolute atomic E-state index is 13.6. The van der Waals surface area contributed by atoms with Gasteiger partial charge in [-0.2, -0.15) is 4.98 Å². The second-order valence-corrected chi connectivity index (χ2v) is 8.48. The Hall–Kier alpha value is -3.52. The lowest BCUT2D eigenvalue weighted by Crippen LogP contribution is -2.50. The van der Waals surface area contributed by atoms with E-state index in [1.54, 1.807) is 21.6 Å². The Labute approximate surface area is 196 Å². The van der Waals surface area contributed by atoms with Gasteiger partial charge in [0.25, 0.3) is 11.9 Å². The predicted octanol–water partition coefficient (Wildman–Crippen LogP) is 3.56. The number of nitrogens with zero attached hydrogens (tertiary/aromatic N) is 5. The summed E-state index contributed by atoms with van der Waals surface area (Å²) in [6, 6.07) is 15.5. The third-order valence-corrected chi connectivity index (χ3v) is 6.26. The van der Waals surface area contributed by atoms with Gasteiger partial charge in [0, 0.05) is 6.54 Å².